The predicted molar refractivity (Wildman–Crippen MR) is 201 cm³/mol. The van der Waals surface area contributed by atoms with Gasteiger partial charge in [-0.15, -0.1) is 5.10 Å². The molecular formula is C38H55N7O4Si. The fraction of sp³-hybridized carbons (Fsp3) is 0.474. The summed E-state index contributed by atoms with van der Waals surface area (Å²) in [6.45, 7) is 17.2. The van der Waals surface area contributed by atoms with Gasteiger partial charge in [-0.25, -0.2) is 16.2 Å². The SMILES string of the molecule is CN(Cc1cncc(C(N)=NNN)c1)C(=O)c1ccc(C[C@@H]2CC[C@H]([C@H](O[Si](C)(C)C(C)(C)C)c3ccccc3)N2C(=O)OC(C)(C)C)cc1. The topological polar surface area (TPSA) is 148 Å². The van der Waals surface area contributed by atoms with Crippen molar-refractivity contribution in [1.29, 1.82) is 0 Å². The molecule has 0 bridgehead atoms. The molecule has 1 saturated heterocycles. The van der Waals surface area contributed by atoms with E-state index in [1.807, 2.05) is 74.2 Å². The lowest BCUT2D eigenvalue weighted by atomic mass is 10.0. The molecule has 3 aromatic rings. The molecule has 12 heteroatoms. The quantitative estimate of drug-likeness (QED) is 0.0674. The lowest BCUT2D eigenvalue weighted by Crippen LogP contribution is -2.50. The lowest BCUT2D eigenvalue weighted by molar-refractivity contribution is -0.00239. The van der Waals surface area contributed by atoms with E-state index in [-0.39, 0.29) is 41.1 Å². The summed E-state index contributed by atoms with van der Waals surface area (Å²) in [6, 6.07) is 19.4. The maximum Gasteiger partial charge on any atom is 0.410 e. The number of likely N-dealkylation sites (tertiary alicyclic amines) is 1. The molecular weight excluding hydrogens is 647 g/mol. The second kappa shape index (κ2) is 15.7. The molecule has 0 aliphatic carbocycles. The van der Waals surface area contributed by atoms with Crippen LogP contribution in [-0.4, -0.2) is 65.7 Å². The number of nitrogens with zero attached hydrogens (tertiary/aromatic N) is 4. The van der Waals surface area contributed by atoms with Crippen LogP contribution in [0.4, 0.5) is 4.79 Å². The zero-order chi connectivity index (χ0) is 36.9. The van der Waals surface area contributed by atoms with E-state index >= 15 is 0 Å². The fourth-order valence-electron chi connectivity index (χ4n) is 5.98. The summed E-state index contributed by atoms with van der Waals surface area (Å²) in [5.74, 6) is 5.31. The Labute approximate surface area is 298 Å². The minimum atomic E-state index is -2.22. The number of hydrazine groups is 1. The zero-order valence-electron chi connectivity index (χ0n) is 31.1. The Morgan fingerprint density at radius 2 is 1.66 bits per heavy atom. The molecule has 2 aromatic carbocycles. The first-order chi connectivity index (χ1) is 23.4. The summed E-state index contributed by atoms with van der Waals surface area (Å²) in [7, 11) is -0.480. The minimum absolute atomic E-state index is 0.00598. The highest BCUT2D eigenvalue weighted by Gasteiger charge is 2.47. The maximum absolute atomic E-state index is 14.0. The Hall–Kier alpha value is -4.26. The van der Waals surface area contributed by atoms with E-state index < -0.39 is 13.9 Å². The third-order valence-corrected chi connectivity index (χ3v) is 14.0. The number of hydrogen-bond donors (Lipinski definition) is 3. The number of nitrogens with two attached hydrogens (primary N) is 2. The molecule has 5 N–H and O–H groups in total. The Morgan fingerprint density at radius 3 is 2.26 bits per heavy atom. The number of nitrogens with one attached hydrogen (secondary N) is 1. The average Bonchev–Trinajstić information content (AvgIpc) is 3.46. The van der Waals surface area contributed by atoms with Gasteiger partial charge in [0.2, 0.25) is 0 Å². The third kappa shape index (κ3) is 9.70. The van der Waals surface area contributed by atoms with E-state index in [0.717, 1.165) is 29.5 Å². The lowest BCUT2D eigenvalue weighted by Gasteiger charge is -2.43. The number of hydrazone groups is 1. The summed E-state index contributed by atoms with van der Waals surface area (Å²) < 4.78 is 13.2. The van der Waals surface area contributed by atoms with Crippen LogP contribution in [-0.2, 0) is 22.1 Å². The molecule has 0 radical (unpaired) electrons. The van der Waals surface area contributed by atoms with Crippen molar-refractivity contribution in [2.45, 2.75) is 109 Å². The molecule has 1 aliphatic heterocycles. The van der Waals surface area contributed by atoms with E-state index in [2.05, 4.69) is 61.6 Å². The van der Waals surface area contributed by atoms with Gasteiger partial charge in [0, 0.05) is 43.2 Å². The highest BCUT2D eigenvalue weighted by atomic mass is 28.4. The van der Waals surface area contributed by atoms with Crippen molar-refractivity contribution in [1.82, 2.24) is 20.3 Å². The van der Waals surface area contributed by atoms with Crippen molar-refractivity contribution in [3.8, 4) is 0 Å². The van der Waals surface area contributed by atoms with Crippen molar-refractivity contribution in [2.75, 3.05) is 7.05 Å². The van der Waals surface area contributed by atoms with E-state index in [1.165, 1.54) is 0 Å². The fourth-order valence-corrected chi connectivity index (χ4v) is 7.27. The second-order valence-electron chi connectivity index (χ2n) is 15.7. The third-order valence-electron chi connectivity index (χ3n) is 9.57. The predicted octanol–water partition coefficient (Wildman–Crippen LogP) is 6.51. The molecule has 270 valence electrons. The van der Waals surface area contributed by atoms with Crippen molar-refractivity contribution in [2.24, 2.45) is 16.7 Å². The molecule has 2 amide bonds. The Kier molecular flexibility index (Phi) is 12.1. The summed E-state index contributed by atoms with van der Waals surface area (Å²) in [5, 5.41) is 3.78. The van der Waals surface area contributed by atoms with E-state index in [4.69, 9.17) is 20.7 Å². The van der Waals surface area contributed by atoms with Gasteiger partial charge >= 0.3 is 6.09 Å². The molecule has 1 aliphatic rings. The van der Waals surface area contributed by atoms with Gasteiger partial charge in [-0.3, -0.25) is 14.7 Å². The molecule has 3 atom stereocenters. The highest BCUT2D eigenvalue weighted by Crippen LogP contribution is 2.44. The van der Waals surface area contributed by atoms with Crippen LogP contribution in [0.2, 0.25) is 18.1 Å². The number of amidine groups is 1. The number of pyridine rings is 1. The van der Waals surface area contributed by atoms with Gasteiger partial charge in [0.05, 0.1) is 12.1 Å². The number of amides is 2. The molecule has 4 rings (SSSR count). The molecule has 0 saturated carbocycles. The van der Waals surface area contributed by atoms with Gasteiger partial charge in [0.15, 0.2) is 14.2 Å². The molecule has 50 heavy (non-hydrogen) atoms. The normalized spacial score (nSPS) is 17.7. The van der Waals surface area contributed by atoms with Crippen LogP contribution in [0, 0.1) is 0 Å². The number of carbonyl (C=O) groups is 2. The van der Waals surface area contributed by atoms with Crippen LogP contribution >= 0.6 is 0 Å². The number of hydrogen-bond acceptors (Lipinski definition) is 8. The molecule has 1 aromatic heterocycles. The van der Waals surface area contributed by atoms with Crippen LogP contribution in [0.15, 0.2) is 78.2 Å². The number of rotatable bonds is 11. The van der Waals surface area contributed by atoms with Gasteiger partial charge in [0.1, 0.15) is 5.60 Å². The highest BCUT2D eigenvalue weighted by molar-refractivity contribution is 6.74. The Bertz CT molecular complexity index is 1640. The molecule has 1 fully saturated rings. The number of carbonyl (C=O) groups excluding carboxylic acids is 2. The first kappa shape index (κ1) is 38.5. The smallest absolute Gasteiger partial charge is 0.410 e. The number of ether oxygens (including phenoxy) is 1. The standard InChI is InChI=1S/C38H55N7O4Si/c1-37(2,3)48-36(47)45-31(19-20-32(45)33(28-13-11-10-12-14-28)49-50(8,9)38(4,5)6)22-26-15-17-29(18-16-26)35(46)44(7)25-27-21-30(24-41-23-27)34(39)42-43-40/h10-18,21,23-24,31-33,43H,19-20,22,25,40H2,1-9H3,(H2,39,42)/t31-,32+,33+/m0/s1. The van der Waals surface area contributed by atoms with Crippen molar-refractivity contribution >= 4 is 26.2 Å². The summed E-state index contributed by atoms with van der Waals surface area (Å²) in [6.07, 6.45) is 4.87. The van der Waals surface area contributed by atoms with Crippen LogP contribution in [0.3, 0.4) is 0 Å². The summed E-state index contributed by atoms with van der Waals surface area (Å²) >= 11 is 0. The van der Waals surface area contributed by atoms with Crippen LogP contribution < -0.4 is 17.1 Å². The van der Waals surface area contributed by atoms with Crippen LogP contribution in [0.1, 0.15) is 93.1 Å². The molecule has 11 nitrogen and oxygen atoms in total. The van der Waals surface area contributed by atoms with E-state index in [9.17, 15) is 9.59 Å². The summed E-state index contributed by atoms with van der Waals surface area (Å²) in [5.41, 5.74) is 11.5. The van der Waals surface area contributed by atoms with Crippen LogP contribution in [0.5, 0.6) is 0 Å². The Morgan fingerprint density at radius 1 is 1.00 bits per heavy atom. The van der Waals surface area contributed by atoms with Crippen molar-refractivity contribution in [3.63, 3.8) is 0 Å². The van der Waals surface area contributed by atoms with Gasteiger partial charge in [-0.1, -0.05) is 63.2 Å². The zero-order valence-corrected chi connectivity index (χ0v) is 32.1. The van der Waals surface area contributed by atoms with Gasteiger partial charge in [0.25, 0.3) is 5.91 Å². The van der Waals surface area contributed by atoms with E-state index in [0.29, 0.717) is 24.1 Å². The minimum Gasteiger partial charge on any atom is -0.444 e. The molecule has 2 heterocycles. The largest absolute Gasteiger partial charge is 0.444 e. The first-order valence-corrected chi connectivity index (χ1v) is 20.1. The average molecular weight is 702 g/mol. The first-order valence-electron chi connectivity index (χ1n) is 17.2. The molecule has 0 spiro atoms. The summed E-state index contributed by atoms with van der Waals surface area (Å²) in [4.78, 5) is 35.2. The van der Waals surface area contributed by atoms with Crippen molar-refractivity contribution in [3.05, 3.63) is 101 Å². The van der Waals surface area contributed by atoms with Crippen molar-refractivity contribution < 1.29 is 18.8 Å². The second-order valence-corrected chi connectivity index (χ2v) is 20.4. The maximum atomic E-state index is 14.0. The van der Waals surface area contributed by atoms with E-state index in [1.54, 1.807) is 24.3 Å². The Balaban J connectivity index is 1.55. The molecule has 0 unspecified atom stereocenters. The van der Waals surface area contributed by atoms with Crippen LogP contribution in [0.25, 0.3) is 0 Å². The van der Waals surface area contributed by atoms with Gasteiger partial charge < -0.3 is 19.8 Å². The monoisotopic (exact) mass is 701 g/mol. The number of benzene rings is 2. The van der Waals surface area contributed by atoms with Gasteiger partial charge in [-0.2, -0.15) is 0 Å². The van der Waals surface area contributed by atoms with Gasteiger partial charge in [-0.05, 0) is 93.1 Å². The number of aromatic nitrogens is 1.